The van der Waals surface area contributed by atoms with Gasteiger partial charge in [-0.25, -0.2) is 0 Å². The van der Waals surface area contributed by atoms with Gasteiger partial charge in [-0.3, -0.25) is 0 Å². The number of carbonyl (C=O) groups excluding carboxylic acids is 2. The molecule has 0 bridgehead atoms. The van der Waals surface area contributed by atoms with E-state index < -0.39 is 11.9 Å². The molecule has 0 unspecified atom stereocenters. The van der Waals surface area contributed by atoms with E-state index in [2.05, 4.69) is 5.73 Å². The number of hydrogen-bond acceptors (Lipinski definition) is 4. The van der Waals surface area contributed by atoms with Crippen molar-refractivity contribution in [3.05, 3.63) is 96.1 Å². The van der Waals surface area contributed by atoms with Gasteiger partial charge in [0, 0.05) is 24.8 Å². The van der Waals surface area contributed by atoms with Gasteiger partial charge in [0.15, 0.2) is 0 Å². The van der Waals surface area contributed by atoms with Crippen molar-refractivity contribution in [2.24, 2.45) is 0 Å². The Kier molecular flexibility index (Phi) is 10.4. The Labute approximate surface area is 181 Å². The van der Waals surface area contributed by atoms with E-state index in [9.17, 15) is 19.8 Å². The molecule has 0 fully saturated rings. The molecule has 4 aromatic carbocycles. The maximum Gasteiger partial charge on any atom is 0.0634 e. The Morgan fingerprint density at radius 2 is 0.935 bits per heavy atom. The summed E-state index contributed by atoms with van der Waals surface area (Å²) in [7, 11) is 1.75. The molecule has 0 aliphatic carbocycles. The first-order valence-electron chi connectivity index (χ1n) is 9.58. The van der Waals surface area contributed by atoms with Crippen molar-refractivity contribution < 1.29 is 25.5 Å². The van der Waals surface area contributed by atoms with Crippen molar-refractivity contribution in [3.63, 3.8) is 0 Å². The van der Waals surface area contributed by atoms with Crippen LogP contribution in [0.3, 0.4) is 0 Å². The van der Waals surface area contributed by atoms with Crippen molar-refractivity contribution in [1.82, 2.24) is 6.15 Å². The molecule has 4 aromatic rings. The number of aliphatic carboxylic acids is 2. The van der Waals surface area contributed by atoms with Crippen molar-refractivity contribution >= 4 is 33.5 Å². The SMILES string of the molecule is C[NH3+].O=C([O-])Cc1cccc2ccccc12.O=C([O-])Cc1cccc2ccccc12.[NH4+]. The monoisotopic (exact) mass is 420 g/mol. The Balaban J connectivity index is 0.000000279. The number of fused-ring (bicyclic) bond motifs is 2. The van der Waals surface area contributed by atoms with Crippen LogP contribution < -0.4 is 22.1 Å². The zero-order valence-corrected chi connectivity index (χ0v) is 17.8. The summed E-state index contributed by atoms with van der Waals surface area (Å²) in [6, 6.07) is 26.8. The Bertz CT molecular complexity index is 1040. The third-order valence-electron chi connectivity index (χ3n) is 4.43. The molecule has 0 atom stereocenters. The number of carboxylic acid groups (broad SMARTS) is 2. The molecular weight excluding hydrogens is 392 g/mol. The molecule has 6 nitrogen and oxygen atoms in total. The molecule has 0 saturated heterocycles. The minimum absolute atomic E-state index is 0. The zero-order valence-electron chi connectivity index (χ0n) is 17.8. The minimum atomic E-state index is -1.04. The first kappa shape index (κ1) is 25.3. The van der Waals surface area contributed by atoms with Gasteiger partial charge in [0.05, 0.1) is 7.05 Å². The zero-order chi connectivity index (χ0) is 21.9. The molecule has 0 aliphatic rings. The summed E-state index contributed by atoms with van der Waals surface area (Å²) in [4.78, 5) is 21.0. The minimum Gasteiger partial charge on any atom is -0.550 e. The van der Waals surface area contributed by atoms with Crippen LogP contribution in [0.1, 0.15) is 11.1 Å². The summed E-state index contributed by atoms with van der Waals surface area (Å²) < 4.78 is 0. The van der Waals surface area contributed by atoms with Crippen LogP contribution in [0.25, 0.3) is 21.5 Å². The van der Waals surface area contributed by atoms with Crippen molar-refractivity contribution in [2.75, 3.05) is 7.05 Å². The summed E-state index contributed by atoms with van der Waals surface area (Å²) >= 11 is 0. The van der Waals surface area contributed by atoms with Crippen LogP contribution in [-0.2, 0) is 22.4 Å². The molecule has 31 heavy (non-hydrogen) atoms. The molecule has 6 heteroatoms. The smallest absolute Gasteiger partial charge is 0.0634 e. The Morgan fingerprint density at radius 3 is 1.29 bits per heavy atom. The average Bonchev–Trinajstić information content (AvgIpc) is 2.76. The number of quaternary nitrogens is 2. The van der Waals surface area contributed by atoms with E-state index in [-0.39, 0.29) is 19.0 Å². The first-order chi connectivity index (χ1) is 14.5. The number of rotatable bonds is 4. The fourth-order valence-corrected chi connectivity index (χ4v) is 3.20. The lowest BCUT2D eigenvalue weighted by Crippen LogP contribution is -2.40. The highest BCUT2D eigenvalue weighted by atomic mass is 16.4. The third-order valence-corrected chi connectivity index (χ3v) is 4.43. The van der Waals surface area contributed by atoms with Gasteiger partial charge in [-0.15, -0.1) is 0 Å². The van der Waals surface area contributed by atoms with Gasteiger partial charge in [-0.2, -0.15) is 0 Å². The second-order valence-electron chi connectivity index (χ2n) is 6.37. The number of benzene rings is 4. The van der Waals surface area contributed by atoms with E-state index in [1.165, 1.54) is 0 Å². The lowest BCUT2D eigenvalue weighted by molar-refractivity contribution is -0.325. The fraction of sp³-hybridized carbons (Fsp3) is 0.120. The highest BCUT2D eigenvalue weighted by molar-refractivity contribution is 5.89. The topological polar surface area (TPSA) is 144 Å². The predicted molar refractivity (Wildman–Crippen MR) is 120 cm³/mol. The highest BCUT2D eigenvalue weighted by Gasteiger charge is 2.00. The van der Waals surface area contributed by atoms with Crippen LogP contribution in [-0.4, -0.2) is 19.0 Å². The van der Waals surface area contributed by atoms with E-state index in [0.29, 0.717) is 0 Å². The Hall–Kier alpha value is -3.74. The fourth-order valence-electron chi connectivity index (χ4n) is 3.20. The van der Waals surface area contributed by atoms with Gasteiger partial charge < -0.3 is 31.7 Å². The molecule has 0 aliphatic heterocycles. The largest absolute Gasteiger partial charge is 0.550 e. The van der Waals surface area contributed by atoms with E-state index >= 15 is 0 Å². The molecule has 0 amide bonds. The molecule has 0 aromatic heterocycles. The second kappa shape index (κ2) is 12.7. The van der Waals surface area contributed by atoms with E-state index in [1.807, 2.05) is 84.9 Å². The van der Waals surface area contributed by atoms with E-state index in [4.69, 9.17) is 0 Å². The standard InChI is InChI=1S/2C12H10O2.CH5N.H3N/c2*13-12(14)8-10-6-3-5-9-4-1-2-7-11(9)10;1-2;/h2*1-7H,8H2,(H,13,14);2H2,1H3;1H3. The van der Waals surface area contributed by atoms with Gasteiger partial charge in [0.2, 0.25) is 0 Å². The summed E-state index contributed by atoms with van der Waals surface area (Å²) in [5.41, 5.74) is 4.87. The van der Waals surface area contributed by atoms with Gasteiger partial charge in [0.1, 0.15) is 0 Å². The van der Waals surface area contributed by atoms with Crippen LogP contribution in [0.2, 0.25) is 0 Å². The molecule has 162 valence electrons. The Morgan fingerprint density at radius 1 is 0.613 bits per heavy atom. The number of carboxylic acids is 2. The summed E-state index contributed by atoms with van der Waals surface area (Å²) in [6.45, 7) is 0. The summed E-state index contributed by atoms with van der Waals surface area (Å²) in [6.07, 6.45) is -0.0529. The van der Waals surface area contributed by atoms with Crippen LogP contribution >= 0.6 is 0 Å². The maximum absolute atomic E-state index is 10.5. The van der Waals surface area contributed by atoms with Crippen LogP contribution in [0, 0.1) is 0 Å². The van der Waals surface area contributed by atoms with Gasteiger partial charge >= 0.3 is 0 Å². The first-order valence-corrected chi connectivity index (χ1v) is 9.58. The maximum atomic E-state index is 10.5. The lowest BCUT2D eigenvalue weighted by Gasteiger charge is -2.06. The third kappa shape index (κ3) is 7.22. The van der Waals surface area contributed by atoms with Crippen molar-refractivity contribution in [2.45, 2.75) is 12.8 Å². The second-order valence-corrected chi connectivity index (χ2v) is 6.37. The molecule has 0 spiro atoms. The number of hydrogen-bond donors (Lipinski definition) is 2. The summed E-state index contributed by atoms with van der Waals surface area (Å²) in [5.74, 6) is -2.08. The van der Waals surface area contributed by atoms with Gasteiger partial charge in [-0.1, -0.05) is 84.9 Å². The summed E-state index contributed by atoms with van der Waals surface area (Å²) in [5, 5.41) is 25.1. The van der Waals surface area contributed by atoms with Crippen molar-refractivity contribution in [1.29, 1.82) is 0 Å². The molecule has 0 heterocycles. The lowest BCUT2D eigenvalue weighted by atomic mass is 10.0. The van der Waals surface area contributed by atoms with Crippen molar-refractivity contribution in [3.8, 4) is 0 Å². The molecule has 4 rings (SSSR count). The average molecular weight is 421 g/mol. The van der Waals surface area contributed by atoms with E-state index in [0.717, 1.165) is 32.7 Å². The van der Waals surface area contributed by atoms with E-state index in [1.54, 1.807) is 7.05 Å². The predicted octanol–water partition coefficient (Wildman–Crippen LogP) is 1.50. The molecule has 0 saturated carbocycles. The molecule has 0 radical (unpaired) electrons. The molecule has 7 N–H and O–H groups in total. The van der Waals surface area contributed by atoms with Crippen LogP contribution in [0.15, 0.2) is 84.9 Å². The van der Waals surface area contributed by atoms with Crippen LogP contribution in [0.5, 0.6) is 0 Å². The number of carbonyl (C=O) groups is 2. The quantitative estimate of drug-likeness (QED) is 0.515. The molecular formula is C25H28N2O4. The normalized spacial score (nSPS) is 9.48. The van der Waals surface area contributed by atoms with Crippen LogP contribution in [0.4, 0.5) is 0 Å². The van der Waals surface area contributed by atoms with Gasteiger partial charge in [-0.05, 0) is 32.7 Å². The van der Waals surface area contributed by atoms with Gasteiger partial charge in [0.25, 0.3) is 0 Å². The highest BCUT2D eigenvalue weighted by Crippen LogP contribution is 2.19.